The molecule has 11 heavy (non-hydrogen) atoms. The van der Waals surface area contributed by atoms with Gasteiger partial charge in [0, 0.05) is 12.8 Å². The van der Waals surface area contributed by atoms with E-state index in [9.17, 15) is 5.11 Å². The van der Waals surface area contributed by atoms with Gasteiger partial charge >= 0.3 is 0 Å². The van der Waals surface area contributed by atoms with Crippen molar-refractivity contribution in [3.63, 3.8) is 0 Å². The fraction of sp³-hybridized carbons (Fsp3) is 0.800. The summed E-state index contributed by atoms with van der Waals surface area (Å²) in [6.45, 7) is 2.20. The molecule has 0 aliphatic rings. The van der Waals surface area contributed by atoms with Gasteiger partial charge in [-0.2, -0.15) is 0 Å². The minimum atomic E-state index is 0.0718. The third kappa shape index (κ3) is 9.52. The number of hydrogen-bond acceptors (Lipinski definition) is 0. The molecule has 0 bridgehead atoms. The van der Waals surface area contributed by atoms with E-state index in [4.69, 9.17) is 0 Å². The third-order valence-corrected chi connectivity index (χ3v) is 1.45. The predicted octanol–water partition coefficient (Wildman–Crippen LogP) is 2.78. The first-order chi connectivity index (χ1) is 5.41. The molecule has 1 nitrogen and oxygen atoms in total. The Morgan fingerprint density at radius 2 is 1.73 bits per heavy atom. The first kappa shape index (κ1) is 10.5. The Morgan fingerprint density at radius 3 is 2.36 bits per heavy atom. The van der Waals surface area contributed by atoms with Crippen LogP contribution >= 0.6 is 0 Å². The van der Waals surface area contributed by atoms with E-state index in [1.165, 1.54) is 0 Å². The molecule has 0 atom stereocenters. The monoisotopic (exact) mass is 153 g/mol. The summed E-state index contributed by atoms with van der Waals surface area (Å²) in [7, 11) is 0. The maximum atomic E-state index is 10.0. The molecule has 0 amide bonds. The van der Waals surface area contributed by atoms with Crippen LogP contribution in [0.4, 0.5) is 0 Å². The number of hydrogen-bond donors (Lipinski definition) is 0. The summed E-state index contributed by atoms with van der Waals surface area (Å²) in [6.07, 6.45) is 6.09. The summed E-state index contributed by atoms with van der Waals surface area (Å²) >= 11 is 0. The summed E-state index contributed by atoms with van der Waals surface area (Å²) in [5.41, 5.74) is 0. The van der Waals surface area contributed by atoms with Crippen molar-refractivity contribution in [3.8, 4) is 11.8 Å². The zero-order valence-electron chi connectivity index (χ0n) is 7.36. The van der Waals surface area contributed by atoms with Gasteiger partial charge in [0.25, 0.3) is 0 Å². The molecular formula is C10H17O. The van der Waals surface area contributed by atoms with E-state index < -0.39 is 0 Å². The minimum absolute atomic E-state index is 0.0718. The zero-order chi connectivity index (χ0) is 8.36. The topological polar surface area (TPSA) is 19.9 Å². The molecule has 0 aromatic heterocycles. The molecule has 0 spiro atoms. The molecule has 0 saturated carbocycles. The number of rotatable bonds is 5. The van der Waals surface area contributed by atoms with Crippen molar-refractivity contribution in [2.24, 2.45) is 0 Å². The van der Waals surface area contributed by atoms with Crippen LogP contribution in [-0.4, -0.2) is 6.61 Å². The average molecular weight is 153 g/mol. The maximum Gasteiger partial charge on any atom is 0.0822 e. The lowest BCUT2D eigenvalue weighted by Crippen LogP contribution is -1.80. The van der Waals surface area contributed by atoms with Gasteiger partial charge < -0.3 is 0 Å². The van der Waals surface area contributed by atoms with E-state index in [0.717, 1.165) is 38.5 Å². The average Bonchev–Trinajstić information content (AvgIpc) is 2.03. The van der Waals surface area contributed by atoms with Gasteiger partial charge in [-0.3, -0.25) is 0 Å². The first-order valence-electron chi connectivity index (χ1n) is 4.45. The Kier molecular flexibility index (Phi) is 9.10. The van der Waals surface area contributed by atoms with Gasteiger partial charge in [-0.25, -0.2) is 5.11 Å². The SMILES string of the molecule is CCCC#CCCCCC[O]. The van der Waals surface area contributed by atoms with Crippen LogP contribution in [-0.2, 0) is 5.11 Å². The van der Waals surface area contributed by atoms with Crippen LogP contribution in [0.5, 0.6) is 0 Å². The molecule has 0 aliphatic carbocycles. The number of unbranched alkanes of at least 4 members (excludes halogenated alkanes) is 4. The summed E-state index contributed by atoms with van der Waals surface area (Å²) in [5.74, 6) is 6.18. The van der Waals surface area contributed by atoms with E-state index in [-0.39, 0.29) is 6.61 Å². The van der Waals surface area contributed by atoms with Gasteiger partial charge in [0.2, 0.25) is 0 Å². The fourth-order valence-corrected chi connectivity index (χ4v) is 0.794. The molecule has 0 unspecified atom stereocenters. The third-order valence-electron chi connectivity index (χ3n) is 1.45. The molecule has 0 aromatic carbocycles. The highest BCUT2D eigenvalue weighted by Crippen LogP contribution is 1.97. The van der Waals surface area contributed by atoms with Gasteiger partial charge in [-0.1, -0.05) is 13.3 Å². The van der Waals surface area contributed by atoms with Gasteiger partial charge in [-0.05, 0) is 19.3 Å². The molecule has 1 radical (unpaired) electrons. The summed E-state index contributed by atoms with van der Waals surface area (Å²) in [5, 5.41) is 10.0. The normalized spacial score (nSPS) is 8.91. The quantitative estimate of drug-likeness (QED) is 0.427. The molecule has 0 aliphatic heterocycles. The first-order valence-corrected chi connectivity index (χ1v) is 4.45. The summed E-state index contributed by atoms with van der Waals surface area (Å²) in [4.78, 5) is 0. The van der Waals surface area contributed by atoms with Gasteiger partial charge in [0.15, 0.2) is 0 Å². The molecular weight excluding hydrogens is 136 g/mol. The fourth-order valence-electron chi connectivity index (χ4n) is 0.794. The lowest BCUT2D eigenvalue weighted by molar-refractivity contribution is 0.186. The Morgan fingerprint density at radius 1 is 1.00 bits per heavy atom. The van der Waals surface area contributed by atoms with Crippen LogP contribution < -0.4 is 0 Å². The molecule has 1 heteroatoms. The van der Waals surface area contributed by atoms with Crippen molar-refractivity contribution in [2.75, 3.05) is 6.61 Å². The van der Waals surface area contributed by atoms with Crippen LogP contribution in [0.15, 0.2) is 0 Å². The van der Waals surface area contributed by atoms with Crippen molar-refractivity contribution in [2.45, 2.75) is 45.4 Å². The molecule has 0 rings (SSSR count). The Balaban J connectivity index is 2.96. The molecule has 0 heterocycles. The van der Waals surface area contributed by atoms with Crippen LogP contribution in [0.25, 0.3) is 0 Å². The van der Waals surface area contributed by atoms with Gasteiger partial charge in [0.05, 0.1) is 6.61 Å². The smallest absolute Gasteiger partial charge is 0.0822 e. The van der Waals surface area contributed by atoms with Gasteiger partial charge in [0.1, 0.15) is 0 Å². The van der Waals surface area contributed by atoms with Crippen molar-refractivity contribution in [1.82, 2.24) is 0 Å². The van der Waals surface area contributed by atoms with Gasteiger partial charge in [-0.15, -0.1) is 11.8 Å². The largest absolute Gasteiger partial charge is 0.237 e. The van der Waals surface area contributed by atoms with Crippen molar-refractivity contribution in [3.05, 3.63) is 0 Å². The predicted molar refractivity (Wildman–Crippen MR) is 46.7 cm³/mol. The second-order valence-electron chi connectivity index (χ2n) is 2.62. The molecule has 0 aromatic rings. The lowest BCUT2D eigenvalue weighted by Gasteiger charge is -1.90. The zero-order valence-corrected chi connectivity index (χ0v) is 7.36. The highest BCUT2D eigenvalue weighted by atomic mass is 16.2. The minimum Gasteiger partial charge on any atom is -0.237 e. The second-order valence-corrected chi connectivity index (χ2v) is 2.62. The Hall–Kier alpha value is -0.480. The Bertz CT molecular complexity index is 119. The van der Waals surface area contributed by atoms with E-state index >= 15 is 0 Å². The summed E-state index contributed by atoms with van der Waals surface area (Å²) < 4.78 is 0. The van der Waals surface area contributed by atoms with E-state index in [0.29, 0.717) is 0 Å². The molecule has 0 fully saturated rings. The Labute approximate surface area is 69.8 Å². The van der Waals surface area contributed by atoms with Crippen molar-refractivity contribution in [1.29, 1.82) is 0 Å². The van der Waals surface area contributed by atoms with Crippen LogP contribution in [0, 0.1) is 11.8 Å². The van der Waals surface area contributed by atoms with Crippen molar-refractivity contribution < 1.29 is 5.11 Å². The van der Waals surface area contributed by atoms with E-state index in [2.05, 4.69) is 18.8 Å². The highest BCUT2D eigenvalue weighted by molar-refractivity contribution is 4.98. The molecule has 0 saturated heterocycles. The maximum absolute atomic E-state index is 10.0. The second kappa shape index (κ2) is 9.52. The van der Waals surface area contributed by atoms with E-state index in [1.54, 1.807) is 0 Å². The van der Waals surface area contributed by atoms with E-state index in [1.807, 2.05) is 0 Å². The summed E-state index contributed by atoms with van der Waals surface area (Å²) in [6, 6.07) is 0. The van der Waals surface area contributed by atoms with Crippen LogP contribution in [0.1, 0.15) is 45.4 Å². The van der Waals surface area contributed by atoms with Crippen LogP contribution in [0.2, 0.25) is 0 Å². The molecule has 0 N–H and O–H groups in total. The van der Waals surface area contributed by atoms with Crippen molar-refractivity contribution >= 4 is 0 Å². The molecule has 63 valence electrons. The lowest BCUT2D eigenvalue weighted by atomic mass is 10.2. The standard InChI is InChI=1S/C10H17O/c1-2-3-4-5-6-7-8-9-10-11/h2-3,6-10H2,1H3. The highest BCUT2D eigenvalue weighted by Gasteiger charge is 1.84. The van der Waals surface area contributed by atoms with Crippen LogP contribution in [0.3, 0.4) is 0 Å².